The second kappa shape index (κ2) is 9.68. The van der Waals surface area contributed by atoms with E-state index in [-0.39, 0.29) is 5.75 Å². The smallest absolute Gasteiger partial charge is 0.322 e. The number of hydrogen-bond acceptors (Lipinski definition) is 7. The van der Waals surface area contributed by atoms with Gasteiger partial charge in [-0.25, -0.2) is 9.80 Å². The van der Waals surface area contributed by atoms with Crippen molar-refractivity contribution in [1.82, 2.24) is 15.8 Å². The molecule has 0 rings (SSSR count). The number of rotatable bonds is 8. The lowest BCUT2D eigenvalue weighted by Crippen LogP contribution is -2.46. The molecule has 0 bridgehead atoms. The molecule has 0 aromatic heterocycles. The Morgan fingerprint density at radius 3 is 2.21 bits per heavy atom. The zero-order chi connectivity index (χ0) is 14.9. The Kier molecular flexibility index (Phi) is 9.59. The van der Waals surface area contributed by atoms with E-state index >= 15 is 0 Å². The molecule has 7 nitrogen and oxygen atoms in total. The van der Waals surface area contributed by atoms with Crippen LogP contribution in [0, 0.1) is 0 Å². The van der Waals surface area contributed by atoms with Crippen molar-refractivity contribution in [2.45, 2.75) is 13.8 Å². The standard InChI is InChI=1S/C9H20N3O4PS2/c1-5-15-17(18,16-6-2)19-7-8(13)10-9(14)11-12(3)4/h5-7H2,1-4H3,(H2,10,11,13,14). The van der Waals surface area contributed by atoms with Crippen molar-refractivity contribution in [2.24, 2.45) is 0 Å². The fourth-order valence-electron chi connectivity index (χ4n) is 0.959. The number of urea groups is 1. The maximum absolute atomic E-state index is 11.5. The molecular formula is C9H20N3O4PS2. The molecule has 0 aliphatic rings. The van der Waals surface area contributed by atoms with Crippen molar-refractivity contribution in [3.8, 4) is 0 Å². The van der Waals surface area contributed by atoms with E-state index in [1.54, 1.807) is 14.1 Å². The normalized spacial score (nSPS) is 11.4. The first kappa shape index (κ1) is 18.8. The molecule has 0 saturated heterocycles. The van der Waals surface area contributed by atoms with Crippen molar-refractivity contribution in [3.05, 3.63) is 0 Å². The lowest BCUT2D eigenvalue weighted by Gasteiger charge is -2.19. The molecule has 0 spiro atoms. The summed E-state index contributed by atoms with van der Waals surface area (Å²) in [5, 5.41) is 3.61. The second-order valence-corrected chi connectivity index (χ2v) is 9.75. The van der Waals surface area contributed by atoms with Gasteiger partial charge in [-0.05, 0) is 25.7 Å². The van der Waals surface area contributed by atoms with Crippen LogP contribution in [0.3, 0.4) is 0 Å². The SMILES string of the molecule is CCOP(=S)(OCC)SCC(=O)NC(=O)NN(C)C. The summed E-state index contributed by atoms with van der Waals surface area (Å²) in [5.41, 5.74) is -0.102. The molecule has 0 atom stereocenters. The maximum Gasteiger partial charge on any atom is 0.335 e. The average Bonchev–Trinajstić information content (AvgIpc) is 2.26. The van der Waals surface area contributed by atoms with E-state index in [4.69, 9.17) is 20.9 Å². The van der Waals surface area contributed by atoms with Gasteiger partial charge >= 0.3 is 6.03 Å². The van der Waals surface area contributed by atoms with Crippen molar-refractivity contribution in [3.63, 3.8) is 0 Å². The molecular weight excluding hydrogens is 309 g/mol. The minimum atomic E-state index is -2.50. The third-order valence-corrected chi connectivity index (χ3v) is 6.91. The van der Waals surface area contributed by atoms with Gasteiger partial charge in [0.1, 0.15) is 0 Å². The van der Waals surface area contributed by atoms with E-state index in [9.17, 15) is 9.59 Å². The number of carbonyl (C=O) groups excluding carboxylic acids is 2. The Labute approximate surface area is 122 Å². The van der Waals surface area contributed by atoms with E-state index < -0.39 is 17.6 Å². The van der Waals surface area contributed by atoms with Gasteiger partial charge in [-0.3, -0.25) is 15.5 Å². The molecule has 0 heterocycles. The van der Waals surface area contributed by atoms with E-state index in [2.05, 4.69) is 10.7 Å². The number of nitrogens with one attached hydrogen (secondary N) is 2. The Bertz CT molecular complexity index is 344. The first-order valence-corrected chi connectivity index (χ1v) is 9.87. The van der Waals surface area contributed by atoms with Crippen LogP contribution in [0.4, 0.5) is 4.79 Å². The Morgan fingerprint density at radius 1 is 1.26 bits per heavy atom. The fraction of sp³-hybridized carbons (Fsp3) is 0.778. The van der Waals surface area contributed by atoms with Gasteiger partial charge in [0, 0.05) is 14.1 Å². The molecule has 0 aromatic carbocycles. The highest BCUT2D eigenvalue weighted by Gasteiger charge is 2.21. The molecule has 0 unspecified atom stereocenters. The van der Waals surface area contributed by atoms with Crippen LogP contribution >= 0.6 is 17.1 Å². The largest absolute Gasteiger partial charge is 0.335 e. The summed E-state index contributed by atoms with van der Waals surface area (Å²) in [6, 6.07) is -0.586. The van der Waals surface area contributed by atoms with Gasteiger partial charge in [0.05, 0.1) is 19.0 Å². The number of hydrazine groups is 1. The number of hydrogen-bond donors (Lipinski definition) is 2. The molecule has 19 heavy (non-hydrogen) atoms. The lowest BCUT2D eigenvalue weighted by molar-refractivity contribution is -0.117. The van der Waals surface area contributed by atoms with Crippen molar-refractivity contribution < 1.29 is 18.6 Å². The summed E-state index contributed by atoms with van der Waals surface area (Å²) >= 11 is 6.36. The highest BCUT2D eigenvalue weighted by Crippen LogP contribution is 2.60. The highest BCUT2D eigenvalue weighted by atomic mass is 32.9. The van der Waals surface area contributed by atoms with Gasteiger partial charge < -0.3 is 9.05 Å². The monoisotopic (exact) mass is 329 g/mol. The first-order valence-electron chi connectivity index (χ1n) is 5.64. The van der Waals surface area contributed by atoms with Crippen LogP contribution in [-0.4, -0.2) is 50.0 Å². The van der Waals surface area contributed by atoms with Crippen LogP contribution in [0.5, 0.6) is 0 Å². The molecule has 0 fully saturated rings. The predicted molar refractivity (Wildman–Crippen MR) is 80.4 cm³/mol. The molecule has 0 saturated carbocycles. The molecule has 2 N–H and O–H groups in total. The third kappa shape index (κ3) is 9.37. The highest BCUT2D eigenvalue weighted by molar-refractivity contribution is 8.68. The van der Waals surface area contributed by atoms with E-state index in [0.717, 1.165) is 11.4 Å². The molecule has 3 amide bonds. The average molecular weight is 329 g/mol. The number of carbonyl (C=O) groups is 2. The van der Waals surface area contributed by atoms with E-state index in [1.807, 2.05) is 13.8 Å². The number of imide groups is 1. The minimum Gasteiger partial charge on any atom is -0.322 e. The fourth-order valence-corrected chi connectivity index (χ4v) is 5.18. The Morgan fingerprint density at radius 2 is 1.79 bits per heavy atom. The zero-order valence-electron chi connectivity index (χ0n) is 11.5. The van der Waals surface area contributed by atoms with Crippen LogP contribution in [-0.2, 0) is 25.6 Å². The Hall–Kier alpha value is -0.180. The van der Waals surface area contributed by atoms with Gasteiger partial charge in [0.15, 0.2) is 0 Å². The number of nitrogens with zero attached hydrogens (tertiary/aromatic N) is 1. The summed E-state index contributed by atoms with van der Waals surface area (Å²) in [5.74, 6) is -0.434. The van der Waals surface area contributed by atoms with Gasteiger partial charge in [-0.2, -0.15) is 0 Å². The molecule has 112 valence electrons. The predicted octanol–water partition coefficient (Wildman–Crippen LogP) is 1.32. The lowest BCUT2D eigenvalue weighted by atomic mass is 10.7. The van der Waals surface area contributed by atoms with E-state index in [1.165, 1.54) is 5.01 Å². The quantitative estimate of drug-likeness (QED) is 0.513. The van der Waals surface area contributed by atoms with Crippen LogP contribution in [0.15, 0.2) is 0 Å². The summed E-state index contributed by atoms with van der Waals surface area (Å²) in [6.45, 7) is 4.47. The molecule has 0 aliphatic carbocycles. The summed E-state index contributed by atoms with van der Waals surface area (Å²) in [4.78, 5) is 22.8. The summed E-state index contributed by atoms with van der Waals surface area (Å²) in [6.07, 6.45) is 0. The van der Waals surface area contributed by atoms with E-state index in [0.29, 0.717) is 13.2 Å². The van der Waals surface area contributed by atoms with Gasteiger partial charge in [-0.15, -0.1) is 0 Å². The van der Waals surface area contributed by atoms with Gasteiger partial charge in [0.2, 0.25) is 11.6 Å². The minimum absolute atomic E-state index is 0.0120. The van der Waals surface area contributed by atoms with Crippen LogP contribution in [0.2, 0.25) is 0 Å². The molecule has 0 radical (unpaired) electrons. The molecule has 10 heteroatoms. The second-order valence-electron chi connectivity index (χ2n) is 3.44. The van der Waals surface area contributed by atoms with Gasteiger partial charge in [-0.1, -0.05) is 11.4 Å². The van der Waals surface area contributed by atoms with Crippen molar-refractivity contribution >= 4 is 40.8 Å². The summed E-state index contributed by atoms with van der Waals surface area (Å²) < 4.78 is 10.7. The Balaban J connectivity index is 4.19. The van der Waals surface area contributed by atoms with Crippen molar-refractivity contribution in [2.75, 3.05) is 33.1 Å². The zero-order valence-corrected chi connectivity index (χ0v) is 14.0. The van der Waals surface area contributed by atoms with Gasteiger partial charge in [0.25, 0.3) is 0 Å². The summed E-state index contributed by atoms with van der Waals surface area (Å²) in [7, 11) is 3.28. The molecule has 0 aromatic rings. The topological polar surface area (TPSA) is 79.9 Å². The van der Waals surface area contributed by atoms with Crippen LogP contribution in [0.1, 0.15) is 13.8 Å². The number of amides is 3. The van der Waals surface area contributed by atoms with Crippen LogP contribution in [0.25, 0.3) is 0 Å². The van der Waals surface area contributed by atoms with Crippen LogP contribution < -0.4 is 10.7 Å². The maximum atomic E-state index is 11.5. The third-order valence-electron chi connectivity index (χ3n) is 1.51. The first-order chi connectivity index (χ1) is 8.83. The van der Waals surface area contributed by atoms with Crippen molar-refractivity contribution in [1.29, 1.82) is 0 Å². The molecule has 0 aliphatic heterocycles.